The smallest absolute Gasteiger partial charge is 0.327 e. The first-order valence-electron chi connectivity index (χ1n) is 7.04. The lowest BCUT2D eigenvalue weighted by Gasteiger charge is -2.17. The average Bonchev–Trinajstić information content (AvgIpc) is 2.84. The van der Waals surface area contributed by atoms with Crippen LogP contribution in [0.5, 0.6) is 0 Å². The fourth-order valence-corrected chi connectivity index (χ4v) is 1.78. The molecular formula is C14H26N4O2. The van der Waals surface area contributed by atoms with Crippen LogP contribution in [0.1, 0.15) is 38.4 Å². The standard InChI is InChI=1S/C14H26N4O2/c1-6-20-14(19)13(15-7-8-17(4)5)12-9-16-18(10-12)11(2)3/h9-11,13,15H,6-8H2,1-5H3. The fraction of sp³-hybridized carbons (Fsp3) is 0.714. The van der Waals surface area contributed by atoms with E-state index in [-0.39, 0.29) is 12.0 Å². The molecule has 0 aliphatic heterocycles. The Morgan fingerprint density at radius 1 is 1.50 bits per heavy atom. The summed E-state index contributed by atoms with van der Waals surface area (Å²) in [6.45, 7) is 7.86. The zero-order valence-electron chi connectivity index (χ0n) is 13.1. The molecule has 20 heavy (non-hydrogen) atoms. The van der Waals surface area contributed by atoms with Gasteiger partial charge in [0.05, 0.1) is 12.8 Å². The molecule has 6 nitrogen and oxygen atoms in total. The van der Waals surface area contributed by atoms with E-state index < -0.39 is 6.04 Å². The number of likely N-dealkylation sites (N-methyl/N-ethyl adjacent to an activating group) is 1. The number of hydrogen-bond acceptors (Lipinski definition) is 5. The Bertz CT molecular complexity index is 415. The van der Waals surface area contributed by atoms with Gasteiger partial charge in [0.1, 0.15) is 6.04 Å². The van der Waals surface area contributed by atoms with Gasteiger partial charge in [0, 0.05) is 30.9 Å². The zero-order valence-corrected chi connectivity index (χ0v) is 13.1. The molecule has 0 amide bonds. The maximum Gasteiger partial charge on any atom is 0.327 e. The molecular weight excluding hydrogens is 256 g/mol. The van der Waals surface area contributed by atoms with E-state index in [1.54, 1.807) is 6.20 Å². The average molecular weight is 282 g/mol. The van der Waals surface area contributed by atoms with Crippen molar-refractivity contribution in [3.05, 3.63) is 18.0 Å². The number of carbonyl (C=O) groups excluding carboxylic acids is 1. The Morgan fingerprint density at radius 3 is 2.70 bits per heavy atom. The highest BCUT2D eigenvalue weighted by atomic mass is 16.5. The first kappa shape index (κ1) is 16.7. The molecule has 0 aliphatic carbocycles. The van der Waals surface area contributed by atoms with Crippen LogP contribution in [0.15, 0.2) is 12.4 Å². The molecule has 0 bridgehead atoms. The monoisotopic (exact) mass is 282 g/mol. The predicted octanol–water partition coefficient (Wildman–Crippen LogP) is 1.22. The molecule has 0 radical (unpaired) electrons. The molecule has 1 aromatic heterocycles. The van der Waals surface area contributed by atoms with Gasteiger partial charge in [0.2, 0.25) is 0 Å². The van der Waals surface area contributed by atoms with Gasteiger partial charge in [0.25, 0.3) is 0 Å². The molecule has 1 rings (SSSR count). The van der Waals surface area contributed by atoms with E-state index >= 15 is 0 Å². The van der Waals surface area contributed by atoms with Gasteiger partial charge in [-0.1, -0.05) is 0 Å². The fourth-order valence-electron chi connectivity index (χ4n) is 1.78. The third-order valence-electron chi connectivity index (χ3n) is 2.91. The summed E-state index contributed by atoms with van der Waals surface area (Å²) in [4.78, 5) is 14.1. The minimum Gasteiger partial charge on any atom is -0.465 e. The Morgan fingerprint density at radius 2 is 2.20 bits per heavy atom. The van der Waals surface area contributed by atoms with E-state index in [0.717, 1.165) is 12.1 Å². The molecule has 114 valence electrons. The third-order valence-corrected chi connectivity index (χ3v) is 2.91. The molecule has 1 atom stereocenters. The van der Waals surface area contributed by atoms with Crippen LogP contribution >= 0.6 is 0 Å². The van der Waals surface area contributed by atoms with Gasteiger partial charge in [-0.25, -0.2) is 4.79 Å². The highest BCUT2D eigenvalue weighted by Gasteiger charge is 2.23. The highest BCUT2D eigenvalue weighted by Crippen LogP contribution is 2.16. The Labute approximate surface area is 121 Å². The van der Waals surface area contributed by atoms with Crippen molar-refractivity contribution in [1.82, 2.24) is 20.0 Å². The van der Waals surface area contributed by atoms with Crippen LogP contribution in [-0.2, 0) is 9.53 Å². The molecule has 0 aliphatic rings. The number of ether oxygens (including phenoxy) is 1. The summed E-state index contributed by atoms with van der Waals surface area (Å²) in [5, 5.41) is 7.52. The summed E-state index contributed by atoms with van der Waals surface area (Å²) in [6.07, 6.45) is 3.62. The molecule has 0 spiro atoms. The zero-order chi connectivity index (χ0) is 15.1. The predicted molar refractivity (Wildman–Crippen MR) is 78.5 cm³/mol. The van der Waals surface area contributed by atoms with E-state index in [0.29, 0.717) is 13.2 Å². The summed E-state index contributed by atoms with van der Waals surface area (Å²) in [5.74, 6) is -0.255. The van der Waals surface area contributed by atoms with E-state index in [9.17, 15) is 4.79 Å². The molecule has 0 saturated heterocycles. The van der Waals surface area contributed by atoms with Crippen molar-refractivity contribution in [2.45, 2.75) is 32.9 Å². The third kappa shape index (κ3) is 4.94. The number of nitrogens with zero attached hydrogens (tertiary/aromatic N) is 3. The first-order chi connectivity index (χ1) is 9.45. The van der Waals surface area contributed by atoms with Crippen molar-refractivity contribution in [2.75, 3.05) is 33.8 Å². The van der Waals surface area contributed by atoms with Crippen LogP contribution in [0.2, 0.25) is 0 Å². The van der Waals surface area contributed by atoms with Crippen molar-refractivity contribution >= 4 is 5.97 Å². The molecule has 0 fully saturated rings. The van der Waals surface area contributed by atoms with Crippen LogP contribution in [0.3, 0.4) is 0 Å². The molecule has 0 saturated carbocycles. The van der Waals surface area contributed by atoms with Gasteiger partial charge in [-0.2, -0.15) is 5.10 Å². The van der Waals surface area contributed by atoms with Crippen molar-refractivity contribution in [1.29, 1.82) is 0 Å². The summed E-state index contributed by atoms with van der Waals surface area (Å²) >= 11 is 0. The number of rotatable bonds is 8. The number of hydrogen-bond donors (Lipinski definition) is 1. The van der Waals surface area contributed by atoms with Crippen LogP contribution in [-0.4, -0.2) is 54.4 Å². The van der Waals surface area contributed by atoms with Crippen LogP contribution < -0.4 is 5.32 Å². The van der Waals surface area contributed by atoms with E-state index in [1.807, 2.05) is 31.9 Å². The highest BCUT2D eigenvalue weighted by molar-refractivity contribution is 5.77. The summed E-state index contributed by atoms with van der Waals surface area (Å²) in [6, 6.07) is -0.184. The van der Waals surface area contributed by atoms with Crippen molar-refractivity contribution in [3.63, 3.8) is 0 Å². The molecule has 1 unspecified atom stereocenters. The van der Waals surface area contributed by atoms with Gasteiger partial charge in [0.15, 0.2) is 0 Å². The lowest BCUT2D eigenvalue weighted by atomic mass is 10.1. The molecule has 0 aromatic carbocycles. The second-order valence-corrected chi connectivity index (χ2v) is 5.29. The van der Waals surface area contributed by atoms with Crippen molar-refractivity contribution < 1.29 is 9.53 Å². The Kier molecular flexibility index (Phi) is 6.67. The quantitative estimate of drug-likeness (QED) is 0.727. The first-order valence-corrected chi connectivity index (χ1v) is 7.04. The lowest BCUT2D eigenvalue weighted by Crippen LogP contribution is -2.34. The van der Waals surface area contributed by atoms with Gasteiger partial charge in [-0.3, -0.25) is 10.00 Å². The molecule has 1 heterocycles. The second-order valence-electron chi connectivity index (χ2n) is 5.29. The minimum absolute atomic E-state index is 0.255. The van der Waals surface area contributed by atoms with Crippen LogP contribution in [0.4, 0.5) is 0 Å². The number of nitrogens with one attached hydrogen (secondary N) is 1. The molecule has 1 aromatic rings. The van der Waals surface area contributed by atoms with Gasteiger partial charge in [-0.05, 0) is 34.9 Å². The van der Waals surface area contributed by atoms with Crippen LogP contribution in [0.25, 0.3) is 0 Å². The topological polar surface area (TPSA) is 59.4 Å². The van der Waals surface area contributed by atoms with Crippen molar-refractivity contribution in [2.24, 2.45) is 0 Å². The molecule has 6 heteroatoms. The Balaban J connectivity index is 2.77. The minimum atomic E-state index is -0.456. The Hall–Kier alpha value is -1.40. The normalized spacial score (nSPS) is 12.9. The van der Waals surface area contributed by atoms with E-state index in [4.69, 9.17) is 4.74 Å². The molecule has 1 N–H and O–H groups in total. The lowest BCUT2D eigenvalue weighted by molar-refractivity contribution is -0.145. The summed E-state index contributed by atoms with van der Waals surface area (Å²) in [5.41, 5.74) is 0.843. The maximum atomic E-state index is 12.1. The largest absolute Gasteiger partial charge is 0.465 e. The maximum absolute atomic E-state index is 12.1. The number of carbonyl (C=O) groups is 1. The van der Waals surface area contributed by atoms with Gasteiger partial charge in [-0.15, -0.1) is 0 Å². The SMILES string of the molecule is CCOC(=O)C(NCCN(C)C)c1cnn(C(C)C)c1. The van der Waals surface area contributed by atoms with Gasteiger partial charge >= 0.3 is 5.97 Å². The summed E-state index contributed by atoms with van der Waals surface area (Å²) in [7, 11) is 4.00. The number of esters is 1. The summed E-state index contributed by atoms with van der Waals surface area (Å²) < 4.78 is 6.98. The van der Waals surface area contributed by atoms with Crippen molar-refractivity contribution in [3.8, 4) is 0 Å². The second kappa shape index (κ2) is 8.01. The van der Waals surface area contributed by atoms with E-state index in [2.05, 4.69) is 29.2 Å². The number of aromatic nitrogens is 2. The van der Waals surface area contributed by atoms with Crippen LogP contribution in [0, 0.1) is 0 Å². The van der Waals surface area contributed by atoms with Gasteiger partial charge < -0.3 is 9.64 Å². The van der Waals surface area contributed by atoms with E-state index in [1.165, 1.54) is 0 Å².